The summed E-state index contributed by atoms with van der Waals surface area (Å²) in [6.07, 6.45) is 0. The molecule has 2 aromatic rings. The second kappa shape index (κ2) is 8.15. The van der Waals surface area contributed by atoms with Crippen LogP contribution in [0.5, 0.6) is 0 Å². The maximum Gasteiger partial charge on any atom is 0.322 e. The summed E-state index contributed by atoms with van der Waals surface area (Å²) in [6.45, 7) is 1.99. The average Bonchev–Trinajstić information content (AvgIpc) is 2.63. The molecule has 0 radical (unpaired) electrons. The van der Waals surface area contributed by atoms with Gasteiger partial charge in [0.25, 0.3) is 0 Å². The van der Waals surface area contributed by atoms with Gasteiger partial charge in [-0.25, -0.2) is 0 Å². The molecule has 1 N–H and O–H groups in total. The van der Waals surface area contributed by atoms with Gasteiger partial charge in [0.15, 0.2) is 5.92 Å². The fourth-order valence-corrected chi connectivity index (χ4v) is 2.47. The van der Waals surface area contributed by atoms with E-state index in [0.717, 1.165) is 16.8 Å². The number of hydrogen-bond acceptors (Lipinski definition) is 5. The first-order valence-electron chi connectivity index (χ1n) is 7.60. The Morgan fingerprint density at radius 1 is 0.875 bits per heavy atom. The number of rotatable bonds is 6. The van der Waals surface area contributed by atoms with Crippen molar-refractivity contribution in [1.29, 1.82) is 0 Å². The minimum atomic E-state index is -1.11. The number of hydrogen-bond donors (Lipinski definition) is 1. The van der Waals surface area contributed by atoms with E-state index in [-0.39, 0.29) is 0 Å². The second-order valence-electron chi connectivity index (χ2n) is 5.42. The summed E-state index contributed by atoms with van der Waals surface area (Å²) in [5.41, 5.74) is 2.71. The number of carbonyl (C=O) groups is 2. The van der Waals surface area contributed by atoms with E-state index >= 15 is 0 Å². The van der Waals surface area contributed by atoms with Crippen LogP contribution >= 0.6 is 0 Å². The predicted molar refractivity (Wildman–Crippen MR) is 91.5 cm³/mol. The van der Waals surface area contributed by atoms with Gasteiger partial charge in [-0.05, 0) is 24.6 Å². The van der Waals surface area contributed by atoms with E-state index in [1.807, 2.05) is 61.5 Å². The molecule has 0 saturated carbocycles. The van der Waals surface area contributed by atoms with Gasteiger partial charge in [0.2, 0.25) is 0 Å². The normalized spacial score (nSPS) is 11.7. The minimum Gasteiger partial charge on any atom is -0.468 e. The Labute approximate surface area is 141 Å². The highest BCUT2D eigenvalue weighted by Crippen LogP contribution is 2.29. The summed E-state index contributed by atoms with van der Waals surface area (Å²) in [5.74, 6) is -2.39. The molecule has 0 aliphatic carbocycles. The third-order valence-electron chi connectivity index (χ3n) is 3.78. The van der Waals surface area contributed by atoms with Gasteiger partial charge in [0.05, 0.1) is 20.3 Å². The molecule has 0 aliphatic rings. The third kappa shape index (κ3) is 4.13. The number of aryl methyl sites for hydroxylation is 1. The van der Waals surface area contributed by atoms with Crippen LogP contribution in [0.15, 0.2) is 54.6 Å². The number of anilines is 1. The van der Waals surface area contributed by atoms with Crippen LogP contribution in [-0.2, 0) is 19.1 Å². The molecule has 0 aromatic heterocycles. The van der Waals surface area contributed by atoms with E-state index in [1.54, 1.807) is 0 Å². The summed E-state index contributed by atoms with van der Waals surface area (Å²) >= 11 is 0. The predicted octanol–water partition coefficient (Wildman–Crippen LogP) is 3.11. The van der Waals surface area contributed by atoms with Crippen molar-refractivity contribution < 1.29 is 19.1 Å². The molecule has 0 bridgehead atoms. The molecule has 0 aliphatic heterocycles. The van der Waals surface area contributed by atoms with Gasteiger partial charge in [-0.3, -0.25) is 9.59 Å². The zero-order chi connectivity index (χ0) is 17.5. The molecule has 0 heterocycles. The van der Waals surface area contributed by atoms with Crippen LogP contribution in [0.3, 0.4) is 0 Å². The van der Waals surface area contributed by atoms with Gasteiger partial charge in [0, 0.05) is 5.69 Å². The zero-order valence-corrected chi connectivity index (χ0v) is 14.0. The van der Waals surface area contributed by atoms with Crippen LogP contribution in [0.4, 0.5) is 5.69 Å². The van der Waals surface area contributed by atoms with Crippen molar-refractivity contribution in [3.05, 3.63) is 65.7 Å². The van der Waals surface area contributed by atoms with E-state index < -0.39 is 23.9 Å². The summed E-state index contributed by atoms with van der Waals surface area (Å²) in [4.78, 5) is 24.4. The van der Waals surface area contributed by atoms with Gasteiger partial charge < -0.3 is 14.8 Å². The lowest BCUT2D eigenvalue weighted by Crippen LogP contribution is -2.35. The number of benzene rings is 2. The first kappa shape index (κ1) is 17.5. The smallest absolute Gasteiger partial charge is 0.322 e. The Balaban J connectivity index is 2.42. The van der Waals surface area contributed by atoms with Crippen molar-refractivity contribution in [3.8, 4) is 0 Å². The Morgan fingerprint density at radius 3 is 1.92 bits per heavy atom. The highest BCUT2D eigenvalue weighted by atomic mass is 16.5. The van der Waals surface area contributed by atoms with E-state index in [0.29, 0.717) is 0 Å². The second-order valence-corrected chi connectivity index (χ2v) is 5.42. The maximum absolute atomic E-state index is 12.2. The van der Waals surface area contributed by atoms with E-state index in [2.05, 4.69) is 5.32 Å². The quantitative estimate of drug-likeness (QED) is 0.652. The van der Waals surface area contributed by atoms with Gasteiger partial charge in [0.1, 0.15) is 0 Å². The van der Waals surface area contributed by atoms with Crippen molar-refractivity contribution in [2.75, 3.05) is 19.5 Å². The fraction of sp³-hybridized carbons (Fsp3) is 0.263. The van der Waals surface area contributed by atoms with Gasteiger partial charge in [-0.1, -0.05) is 48.0 Å². The van der Waals surface area contributed by atoms with Gasteiger partial charge in [-0.15, -0.1) is 0 Å². The zero-order valence-electron chi connectivity index (χ0n) is 14.0. The average molecular weight is 327 g/mol. The molecule has 0 saturated heterocycles. The highest BCUT2D eigenvalue weighted by molar-refractivity contribution is 5.96. The molecule has 5 nitrogen and oxygen atoms in total. The van der Waals surface area contributed by atoms with Crippen molar-refractivity contribution in [3.63, 3.8) is 0 Å². The standard InChI is InChI=1S/C19H21NO4/c1-13-9-11-15(12-10-13)20-17(14-7-5-4-6-8-14)16(18(21)23-2)19(22)24-3/h4-12,16-17,20H,1-3H3. The Bertz CT molecular complexity index is 666. The number of carbonyl (C=O) groups excluding carboxylic acids is 2. The Kier molecular flexibility index (Phi) is 5.95. The number of methoxy groups -OCH3 is 2. The summed E-state index contributed by atoms with van der Waals surface area (Å²) in [7, 11) is 2.51. The van der Waals surface area contributed by atoms with E-state index in [4.69, 9.17) is 9.47 Å². The Morgan fingerprint density at radius 2 is 1.42 bits per heavy atom. The van der Waals surface area contributed by atoms with Crippen molar-refractivity contribution >= 4 is 17.6 Å². The fourth-order valence-electron chi connectivity index (χ4n) is 2.47. The lowest BCUT2D eigenvalue weighted by atomic mass is 9.92. The van der Waals surface area contributed by atoms with Crippen LogP contribution < -0.4 is 5.32 Å². The van der Waals surface area contributed by atoms with Crippen molar-refractivity contribution in [1.82, 2.24) is 0 Å². The molecule has 24 heavy (non-hydrogen) atoms. The monoisotopic (exact) mass is 327 g/mol. The van der Waals surface area contributed by atoms with Crippen molar-refractivity contribution in [2.45, 2.75) is 13.0 Å². The van der Waals surface area contributed by atoms with Crippen molar-refractivity contribution in [2.24, 2.45) is 5.92 Å². The number of ether oxygens (including phenoxy) is 2. The summed E-state index contributed by atoms with van der Waals surface area (Å²) < 4.78 is 9.63. The molecule has 126 valence electrons. The Hall–Kier alpha value is -2.82. The summed E-state index contributed by atoms with van der Waals surface area (Å²) in [5, 5.41) is 3.25. The van der Waals surface area contributed by atoms with E-state index in [9.17, 15) is 9.59 Å². The van der Waals surface area contributed by atoms with Crippen LogP contribution in [0.25, 0.3) is 0 Å². The number of nitrogens with one attached hydrogen (secondary N) is 1. The summed E-state index contributed by atoms with van der Waals surface area (Å²) in [6, 6.07) is 16.4. The molecule has 0 amide bonds. The largest absolute Gasteiger partial charge is 0.468 e. The maximum atomic E-state index is 12.2. The highest BCUT2D eigenvalue weighted by Gasteiger charge is 2.38. The first-order chi connectivity index (χ1) is 11.6. The third-order valence-corrected chi connectivity index (χ3v) is 3.78. The molecular weight excluding hydrogens is 306 g/mol. The van der Waals surface area contributed by atoms with Crippen LogP contribution in [0, 0.1) is 12.8 Å². The molecule has 0 fully saturated rings. The minimum absolute atomic E-state index is 0.603. The SMILES string of the molecule is COC(=O)C(C(=O)OC)C(Nc1ccc(C)cc1)c1ccccc1. The molecule has 2 rings (SSSR count). The molecule has 1 unspecified atom stereocenters. The first-order valence-corrected chi connectivity index (χ1v) is 7.60. The van der Waals surface area contributed by atoms with Crippen LogP contribution in [0.2, 0.25) is 0 Å². The van der Waals surface area contributed by atoms with Gasteiger partial charge >= 0.3 is 11.9 Å². The van der Waals surface area contributed by atoms with Crippen LogP contribution in [0.1, 0.15) is 17.2 Å². The molecule has 1 atom stereocenters. The molecule has 2 aromatic carbocycles. The molecule has 5 heteroatoms. The lowest BCUT2D eigenvalue weighted by Gasteiger charge is -2.26. The van der Waals surface area contributed by atoms with Crippen LogP contribution in [-0.4, -0.2) is 26.2 Å². The molecular formula is C19H21NO4. The van der Waals surface area contributed by atoms with Gasteiger partial charge in [-0.2, -0.15) is 0 Å². The topological polar surface area (TPSA) is 64.6 Å². The molecule has 0 spiro atoms. The number of esters is 2. The lowest BCUT2D eigenvalue weighted by molar-refractivity contribution is -0.159. The van der Waals surface area contributed by atoms with E-state index in [1.165, 1.54) is 14.2 Å².